The van der Waals surface area contributed by atoms with Crippen LogP contribution in [0.4, 0.5) is 5.69 Å². The molecule has 6 heteroatoms. The minimum absolute atomic E-state index is 0.0195. The summed E-state index contributed by atoms with van der Waals surface area (Å²) in [5.41, 5.74) is 3.94. The summed E-state index contributed by atoms with van der Waals surface area (Å²) >= 11 is 6.06. The van der Waals surface area contributed by atoms with Gasteiger partial charge in [0, 0.05) is 5.02 Å². The van der Waals surface area contributed by atoms with Crippen molar-refractivity contribution in [1.82, 2.24) is 5.43 Å². The number of nitrogens with one attached hydrogen (secondary N) is 1. The van der Waals surface area contributed by atoms with E-state index in [2.05, 4.69) is 5.43 Å². The third-order valence-corrected chi connectivity index (χ3v) is 3.76. The van der Waals surface area contributed by atoms with E-state index in [1.54, 1.807) is 37.3 Å². The number of benzene rings is 1. The number of anilines is 1. The van der Waals surface area contributed by atoms with Crippen LogP contribution < -0.4 is 10.4 Å². The van der Waals surface area contributed by atoms with Gasteiger partial charge < -0.3 is 4.42 Å². The topological polar surface area (TPSA) is 62.6 Å². The summed E-state index contributed by atoms with van der Waals surface area (Å²) in [6.07, 6.45) is 1.43. The van der Waals surface area contributed by atoms with Crippen LogP contribution in [0.3, 0.4) is 0 Å². The lowest BCUT2D eigenvalue weighted by atomic mass is 10.2. The number of hydrogen-bond donors (Lipinski definition) is 1. The van der Waals surface area contributed by atoms with Crippen molar-refractivity contribution in [1.29, 1.82) is 0 Å². The maximum Gasteiger partial charge on any atom is 0.282 e. The summed E-state index contributed by atoms with van der Waals surface area (Å²) in [5.74, 6) is 0.245. The predicted octanol–water partition coefficient (Wildman–Crippen LogP) is 3.01. The molecule has 22 heavy (non-hydrogen) atoms. The van der Waals surface area contributed by atoms with Gasteiger partial charge in [-0.3, -0.25) is 15.0 Å². The first-order chi connectivity index (χ1) is 10.5. The van der Waals surface area contributed by atoms with E-state index in [1.165, 1.54) is 11.1 Å². The maximum atomic E-state index is 12.4. The van der Waals surface area contributed by atoms with Gasteiger partial charge in [0.1, 0.15) is 17.1 Å². The summed E-state index contributed by atoms with van der Waals surface area (Å²) in [5, 5.41) is 1.70. The smallest absolute Gasteiger partial charge is 0.282 e. The Labute approximate surface area is 132 Å². The molecule has 0 aliphatic carbocycles. The van der Waals surface area contributed by atoms with E-state index in [0.717, 1.165) is 5.56 Å². The molecule has 0 spiro atoms. The molecule has 112 valence electrons. The zero-order valence-electron chi connectivity index (χ0n) is 12.0. The highest BCUT2D eigenvalue weighted by Gasteiger charge is 2.34. The van der Waals surface area contributed by atoms with Crippen molar-refractivity contribution < 1.29 is 14.0 Å². The Morgan fingerprint density at radius 3 is 2.59 bits per heavy atom. The lowest BCUT2D eigenvalue weighted by Crippen LogP contribution is -2.35. The van der Waals surface area contributed by atoms with Crippen LogP contribution in [-0.2, 0) is 9.59 Å². The lowest BCUT2D eigenvalue weighted by Gasteiger charge is -2.15. The number of amides is 2. The molecule has 1 saturated heterocycles. The summed E-state index contributed by atoms with van der Waals surface area (Å²) in [4.78, 5) is 24.4. The minimum Gasteiger partial charge on any atom is -0.462 e. The fourth-order valence-corrected chi connectivity index (χ4v) is 2.31. The van der Waals surface area contributed by atoms with Crippen molar-refractivity contribution in [3.8, 4) is 0 Å². The molecule has 1 aromatic carbocycles. The van der Waals surface area contributed by atoms with E-state index >= 15 is 0 Å². The monoisotopic (exact) mass is 316 g/mol. The number of aryl methyl sites for hydroxylation is 2. The van der Waals surface area contributed by atoms with Gasteiger partial charge in [0.05, 0.1) is 5.69 Å². The van der Waals surface area contributed by atoms with Crippen LogP contribution in [0.5, 0.6) is 0 Å². The zero-order valence-corrected chi connectivity index (χ0v) is 12.8. The molecule has 0 radical (unpaired) electrons. The second-order valence-corrected chi connectivity index (χ2v) is 5.43. The summed E-state index contributed by atoms with van der Waals surface area (Å²) in [6.45, 7) is 3.65. The van der Waals surface area contributed by atoms with Crippen LogP contribution in [0.25, 0.3) is 6.08 Å². The van der Waals surface area contributed by atoms with E-state index in [0.29, 0.717) is 22.2 Å². The molecular weight excluding hydrogens is 304 g/mol. The van der Waals surface area contributed by atoms with Gasteiger partial charge in [0.25, 0.3) is 11.8 Å². The molecule has 1 aromatic heterocycles. The molecule has 1 N–H and O–H groups in total. The van der Waals surface area contributed by atoms with Crippen LogP contribution in [0, 0.1) is 13.8 Å². The van der Waals surface area contributed by atoms with Crippen LogP contribution >= 0.6 is 11.6 Å². The van der Waals surface area contributed by atoms with Gasteiger partial charge >= 0.3 is 0 Å². The highest BCUT2D eigenvalue weighted by Crippen LogP contribution is 2.26. The van der Waals surface area contributed by atoms with Crippen molar-refractivity contribution in [2.75, 3.05) is 5.01 Å². The minimum atomic E-state index is -0.476. The number of furan rings is 1. The van der Waals surface area contributed by atoms with E-state index < -0.39 is 11.8 Å². The number of hydrogen-bond acceptors (Lipinski definition) is 3. The molecule has 3 rings (SSSR count). The highest BCUT2D eigenvalue weighted by molar-refractivity contribution is 6.33. The van der Waals surface area contributed by atoms with Crippen LogP contribution in [0.1, 0.15) is 17.1 Å². The second kappa shape index (κ2) is 5.35. The zero-order chi connectivity index (χ0) is 15.9. The first kappa shape index (κ1) is 14.4. The third-order valence-electron chi connectivity index (χ3n) is 3.35. The normalized spacial score (nSPS) is 16.5. The van der Waals surface area contributed by atoms with E-state index in [1.807, 2.05) is 6.92 Å². The van der Waals surface area contributed by atoms with E-state index in [4.69, 9.17) is 16.0 Å². The standard InChI is InChI=1S/C16H13ClN2O3/c1-9-3-5-11(7-14(9)17)19-16(21)13(15(20)18-19)8-12-6-4-10(2)22-12/h3-8H,1-2H3,(H,18,20)/b13-8-. The van der Waals surface area contributed by atoms with Crippen molar-refractivity contribution in [2.24, 2.45) is 0 Å². The van der Waals surface area contributed by atoms with Gasteiger partial charge in [0.15, 0.2) is 0 Å². The molecule has 0 atom stereocenters. The summed E-state index contributed by atoms with van der Waals surface area (Å²) in [6, 6.07) is 8.61. The molecule has 1 aliphatic rings. The van der Waals surface area contributed by atoms with Gasteiger partial charge in [-0.2, -0.15) is 0 Å². The molecule has 5 nitrogen and oxygen atoms in total. The van der Waals surface area contributed by atoms with Crippen molar-refractivity contribution in [2.45, 2.75) is 13.8 Å². The Morgan fingerprint density at radius 2 is 1.95 bits per heavy atom. The van der Waals surface area contributed by atoms with Gasteiger partial charge in [-0.25, -0.2) is 5.01 Å². The van der Waals surface area contributed by atoms with Crippen LogP contribution in [0.2, 0.25) is 5.02 Å². The number of rotatable bonds is 2. The Hall–Kier alpha value is -2.53. The Balaban J connectivity index is 1.94. The second-order valence-electron chi connectivity index (χ2n) is 5.02. The van der Waals surface area contributed by atoms with Gasteiger partial charge in [-0.15, -0.1) is 0 Å². The van der Waals surface area contributed by atoms with E-state index in [9.17, 15) is 9.59 Å². The molecule has 2 heterocycles. The van der Waals surface area contributed by atoms with Gasteiger partial charge in [0.2, 0.25) is 0 Å². The highest BCUT2D eigenvalue weighted by atomic mass is 35.5. The molecule has 0 bridgehead atoms. The SMILES string of the molecule is Cc1ccc(/C=C2/C(=O)NN(c3ccc(C)c(Cl)c3)C2=O)o1. The lowest BCUT2D eigenvalue weighted by molar-refractivity contribution is -0.117. The average molecular weight is 317 g/mol. The largest absolute Gasteiger partial charge is 0.462 e. The molecular formula is C16H13ClN2O3. The fraction of sp³-hybridized carbons (Fsp3) is 0.125. The van der Waals surface area contributed by atoms with Gasteiger partial charge in [-0.05, 0) is 49.8 Å². The van der Waals surface area contributed by atoms with Crippen LogP contribution in [-0.4, -0.2) is 11.8 Å². The first-order valence-electron chi connectivity index (χ1n) is 6.65. The third kappa shape index (κ3) is 2.51. The van der Waals surface area contributed by atoms with E-state index in [-0.39, 0.29) is 5.57 Å². The molecule has 2 amide bonds. The number of halogens is 1. The average Bonchev–Trinajstić information content (AvgIpc) is 3.00. The number of nitrogens with zero attached hydrogens (tertiary/aromatic N) is 1. The summed E-state index contributed by atoms with van der Waals surface area (Å²) in [7, 11) is 0. The van der Waals surface area contributed by atoms with Gasteiger partial charge in [-0.1, -0.05) is 17.7 Å². The van der Waals surface area contributed by atoms with Crippen molar-refractivity contribution in [3.05, 3.63) is 58.0 Å². The summed E-state index contributed by atoms with van der Waals surface area (Å²) < 4.78 is 5.37. The number of hydrazine groups is 1. The molecule has 0 unspecified atom stereocenters. The maximum absolute atomic E-state index is 12.4. The Morgan fingerprint density at radius 1 is 1.18 bits per heavy atom. The fourth-order valence-electron chi connectivity index (χ4n) is 2.13. The molecule has 1 fully saturated rings. The predicted molar refractivity (Wildman–Crippen MR) is 83.2 cm³/mol. The molecule has 2 aromatic rings. The Bertz CT molecular complexity index is 807. The van der Waals surface area contributed by atoms with Crippen LogP contribution in [0.15, 0.2) is 40.3 Å². The number of carbonyl (C=O) groups is 2. The molecule has 1 aliphatic heterocycles. The Kier molecular flexibility index (Phi) is 3.50. The van der Waals surface area contributed by atoms with Crippen molar-refractivity contribution >= 4 is 35.2 Å². The first-order valence-corrected chi connectivity index (χ1v) is 7.03. The quantitative estimate of drug-likeness (QED) is 0.684. The molecule has 0 saturated carbocycles. The van der Waals surface area contributed by atoms with Crippen molar-refractivity contribution in [3.63, 3.8) is 0 Å². The number of carbonyl (C=O) groups excluding carboxylic acids is 2.